The zero-order valence-electron chi connectivity index (χ0n) is 11.8. The van der Waals surface area contributed by atoms with E-state index in [1.165, 1.54) is 12.8 Å². The summed E-state index contributed by atoms with van der Waals surface area (Å²) in [6, 6.07) is 0.177. The smallest absolute Gasteiger partial charge is 0.303 e. The molecule has 2 fully saturated rings. The van der Waals surface area contributed by atoms with Gasteiger partial charge in [-0.25, -0.2) is 0 Å². The summed E-state index contributed by atoms with van der Waals surface area (Å²) < 4.78 is 0. The molecule has 1 aliphatic heterocycles. The van der Waals surface area contributed by atoms with Crippen molar-refractivity contribution in [3.05, 3.63) is 0 Å². The number of hydrogen-bond donors (Lipinski definition) is 2. The summed E-state index contributed by atoms with van der Waals surface area (Å²) in [5.41, 5.74) is -0.223. The van der Waals surface area contributed by atoms with Crippen LogP contribution in [0.25, 0.3) is 0 Å². The lowest BCUT2D eigenvalue weighted by molar-refractivity contribution is -0.139. The van der Waals surface area contributed by atoms with Crippen LogP contribution in [0.5, 0.6) is 0 Å². The van der Waals surface area contributed by atoms with Crippen molar-refractivity contribution in [2.45, 2.75) is 70.0 Å². The van der Waals surface area contributed by atoms with Crippen molar-refractivity contribution in [1.29, 1.82) is 0 Å². The zero-order chi connectivity index (χ0) is 14.0. The van der Waals surface area contributed by atoms with Crippen molar-refractivity contribution in [3.8, 4) is 0 Å². The molecule has 0 aromatic heterocycles. The maximum absolute atomic E-state index is 12.2. The van der Waals surface area contributed by atoms with Crippen LogP contribution in [-0.4, -0.2) is 46.1 Å². The molecule has 1 unspecified atom stereocenters. The SMILES string of the molecule is CC1(C)CN(C2CCCC2)C(CCC(=O)O)C(=O)N1. The highest BCUT2D eigenvalue weighted by Crippen LogP contribution is 2.30. The number of aliphatic carboxylic acids is 1. The van der Waals surface area contributed by atoms with Gasteiger partial charge in [-0.1, -0.05) is 12.8 Å². The molecule has 0 radical (unpaired) electrons. The predicted molar refractivity (Wildman–Crippen MR) is 71.8 cm³/mol. The van der Waals surface area contributed by atoms with Crippen molar-refractivity contribution >= 4 is 11.9 Å². The Hall–Kier alpha value is -1.10. The van der Waals surface area contributed by atoms with Gasteiger partial charge in [0.1, 0.15) is 0 Å². The third-order valence-corrected chi connectivity index (χ3v) is 4.17. The van der Waals surface area contributed by atoms with Gasteiger partial charge in [-0.3, -0.25) is 14.5 Å². The van der Waals surface area contributed by atoms with Crippen molar-refractivity contribution in [2.24, 2.45) is 0 Å². The highest BCUT2D eigenvalue weighted by molar-refractivity contribution is 5.84. The van der Waals surface area contributed by atoms with Gasteiger partial charge in [0.15, 0.2) is 0 Å². The van der Waals surface area contributed by atoms with E-state index in [0.717, 1.165) is 19.4 Å². The Bertz CT molecular complexity index is 362. The van der Waals surface area contributed by atoms with Crippen LogP contribution in [0, 0.1) is 0 Å². The topological polar surface area (TPSA) is 69.6 Å². The first-order valence-electron chi connectivity index (χ1n) is 7.19. The molecule has 2 aliphatic rings. The molecule has 1 heterocycles. The second kappa shape index (κ2) is 5.49. The highest BCUT2D eigenvalue weighted by Gasteiger charge is 2.41. The second-order valence-corrected chi connectivity index (χ2v) is 6.43. The first-order chi connectivity index (χ1) is 8.89. The molecule has 5 nitrogen and oxygen atoms in total. The van der Waals surface area contributed by atoms with Crippen molar-refractivity contribution in [1.82, 2.24) is 10.2 Å². The fourth-order valence-electron chi connectivity index (χ4n) is 3.35. The number of carbonyl (C=O) groups excluding carboxylic acids is 1. The van der Waals surface area contributed by atoms with Gasteiger partial charge in [0.25, 0.3) is 0 Å². The number of hydrogen-bond acceptors (Lipinski definition) is 3. The fraction of sp³-hybridized carbons (Fsp3) is 0.857. The Kier molecular flexibility index (Phi) is 4.13. The highest BCUT2D eigenvalue weighted by atomic mass is 16.4. The molecule has 0 aromatic rings. The van der Waals surface area contributed by atoms with E-state index in [9.17, 15) is 9.59 Å². The zero-order valence-corrected chi connectivity index (χ0v) is 11.8. The summed E-state index contributed by atoms with van der Waals surface area (Å²) in [7, 11) is 0. The first-order valence-corrected chi connectivity index (χ1v) is 7.19. The molecule has 0 aromatic carbocycles. The molecule has 2 rings (SSSR count). The lowest BCUT2D eigenvalue weighted by atomic mass is 9.93. The molecule has 1 atom stereocenters. The minimum absolute atomic E-state index is 0.00981. The van der Waals surface area contributed by atoms with Gasteiger partial charge < -0.3 is 10.4 Å². The van der Waals surface area contributed by atoms with Gasteiger partial charge in [0.05, 0.1) is 6.04 Å². The maximum atomic E-state index is 12.2. The minimum atomic E-state index is -0.830. The van der Waals surface area contributed by atoms with Gasteiger partial charge in [-0.2, -0.15) is 0 Å². The van der Waals surface area contributed by atoms with Gasteiger partial charge in [-0.05, 0) is 33.1 Å². The average Bonchev–Trinajstić information content (AvgIpc) is 2.78. The van der Waals surface area contributed by atoms with Crippen LogP contribution in [0.3, 0.4) is 0 Å². The molecular weight excluding hydrogens is 244 g/mol. The maximum Gasteiger partial charge on any atom is 0.303 e. The van der Waals surface area contributed by atoms with Crippen LogP contribution in [0.15, 0.2) is 0 Å². The molecule has 2 N–H and O–H groups in total. The first kappa shape index (κ1) is 14.3. The van der Waals surface area contributed by atoms with Crippen LogP contribution >= 0.6 is 0 Å². The third-order valence-electron chi connectivity index (χ3n) is 4.17. The van der Waals surface area contributed by atoms with E-state index in [1.54, 1.807) is 0 Å². The lowest BCUT2D eigenvalue weighted by Crippen LogP contribution is -2.66. The minimum Gasteiger partial charge on any atom is -0.481 e. The fourth-order valence-corrected chi connectivity index (χ4v) is 3.35. The summed E-state index contributed by atoms with van der Waals surface area (Å²) in [6.45, 7) is 4.87. The third kappa shape index (κ3) is 3.47. The number of carbonyl (C=O) groups is 2. The Morgan fingerprint density at radius 1 is 1.42 bits per heavy atom. The van der Waals surface area contributed by atoms with Crippen LogP contribution in [0.1, 0.15) is 52.4 Å². The largest absolute Gasteiger partial charge is 0.481 e. The van der Waals surface area contributed by atoms with Crippen molar-refractivity contribution in [2.75, 3.05) is 6.54 Å². The summed E-state index contributed by atoms with van der Waals surface area (Å²) in [5, 5.41) is 11.8. The van der Waals surface area contributed by atoms with E-state index in [4.69, 9.17) is 5.11 Å². The molecule has 0 bridgehead atoms. The summed E-state index contributed by atoms with van der Waals surface area (Å²) in [6.07, 6.45) is 5.17. The van der Waals surface area contributed by atoms with Crippen molar-refractivity contribution in [3.63, 3.8) is 0 Å². The van der Waals surface area contributed by atoms with E-state index in [1.807, 2.05) is 13.8 Å². The van der Waals surface area contributed by atoms with E-state index in [2.05, 4.69) is 10.2 Å². The predicted octanol–water partition coefficient (Wildman–Crippen LogP) is 1.37. The van der Waals surface area contributed by atoms with Crippen LogP contribution < -0.4 is 5.32 Å². The Morgan fingerprint density at radius 2 is 2.05 bits per heavy atom. The van der Waals surface area contributed by atoms with Gasteiger partial charge in [0, 0.05) is 24.5 Å². The van der Waals surface area contributed by atoms with Crippen LogP contribution in [0.4, 0.5) is 0 Å². The molecule has 1 saturated carbocycles. The Morgan fingerprint density at radius 3 is 2.63 bits per heavy atom. The summed E-state index contributed by atoms with van der Waals surface area (Å²) in [5.74, 6) is -0.839. The van der Waals surface area contributed by atoms with E-state index < -0.39 is 5.97 Å². The van der Waals surface area contributed by atoms with E-state index in [-0.39, 0.29) is 23.9 Å². The number of carboxylic acids is 1. The molecule has 1 saturated heterocycles. The molecule has 108 valence electrons. The van der Waals surface area contributed by atoms with Gasteiger partial charge >= 0.3 is 5.97 Å². The van der Waals surface area contributed by atoms with Crippen LogP contribution in [-0.2, 0) is 9.59 Å². The van der Waals surface area contributed by atoms with E-state index >= 15 is 0 Å². The summed E-state index contributed by atoms with van der Waals surface area (Å²) in [4.78, 5) is 25.3. The number of rotatable bonds is 4. The number of nitrogens with one attached hydrogen (secondary N) is 1. The van der Waals surface area contributed by atoms with Crippen LogP contribution in [0.2, 0.25) is 0 Å². The van der Waals surface area contributed by atoms with Gasteiger partial charge in [-0.15, -0.1) is 0 Å². The number of piperazine rings is 1. The second-order valence-electron chi connectivity index (χ2n) is 6.43. The summed E-state index contributed by atoms with van der Waals surface area (Å²) >= 11 is 0. The standard InChI is InChI=1S/C14H24N2O3/c1-14(2)9-16(10-5-3-4-6-10)11(13(19)15-14)7-8-12(17)18/h10-11H,3-9H2,1-2H3,(H,15,19)(H,17,18). The van der Waals surface area contributed by atoms with Gasteiger partial charge in [0.2, 0.25) is 5.91 Å². The van der Waals surface area contributed by atoms with E-state index in [0.29, 0.717) is 12.5 Å². The van der Waals surface area contributed by atoms with Crippen molar-refractivity contribution < 1.29 is 14.7 Å². The molecule has 19 heavy (non-hydrogen) atoms. The molecule has 5 heteroatoms. The number of amides is 1. The number of nitrogens with zero attached hydrogens (tertiary/aromatic N) is 1. The molecule has 1 amide bonds. The molecule has 1 aliphatic carbocycles. The normalized spacial score (nSPS) is 28.3. The Balaban J connectivity index is 2.10. The average molecular weight is 268 g/mol. The quantitative estimate of drug-likeness (QED) is 0.808. The molecule has 0 spiro atoms. The number of carboxylic acid groups (broad SMARTS) is 1. The monoisotopic (exact) mass is 268 g/mol. The molecular formula is C14H24N2O3. The lowest BCUT2D eigenvalue weighted by Gasteiger charge is -2.46. The Labute approximate surface area is 114 Å².